The minimum atomic E-state index is -1.49. The van der Waals surface area contributed by atoms with Crippen LogP contribution in [0, 0.1) is 0 Å². The van der Waals surface area contributed by atoms with E-state index >= 15 is 0 Å². The van der Waals surface area contributed by atoms with Gasteiger partial charge >= 0.3 is 0 Å². The molecule has 2 heterocycles. The number of tetrazole rings is 1. The van der Waals surface area contributed by atoms with Gasteiger partial charge in [-0.15, -0.1) is 15.0 Å². The zero-order chi connectivity index (χ0) is 18.0. The summed E-state index contributed by atoms with van der Waals surface area (Å²) in [5.74, 6) is 1.13. The van der Waals surface area contributed by atoms with E-state index in [0.29, 0.717) is 12.2 Å². The second-order valence-corrected chi connectivity index (χ2v) is 5.77. The van der Waals surface area contributed by atoms with Gasteiger partial charge in [-0.2, -0.15) is 0 Å². The molecule has 136 valence electrons. The van der Waals surface area contributed by atoms with E-state index in [1.807, 2.05) is 24.3 Å². The van der Waals surface area contributed by atoms with E-state index in [1.165, 1.54) is 0 Å². The van der Waals surface area contributed by atoms with Gasteiger partial charge in [-0.3, -0.25) is 0 Å². The van der Waals surface area contributed by atoms with Crippen LogP contribution < -0.4 is 4.74 Å². The molecule has 1 aliphatic heterocycles. The van der Waals surface area contributed by atoms with E-state index in [1.54, 1.807) is 7.11 Å². The predicted octanol–water partition coefficient (Wildman–Crippen LogP) is -1.76. The summed E-state index contributed by atoms with van der Waals surface area (Å²) in [5.41, 5.74) is 0.939. The topological polar surface area (TPSA) is 143 Å². The molecule has 25 heavy (non-hydrogen) atoms. The normalized spacial score (nSPS) is 29.6. The fourth-order valence-electron chi connectivity index (χ4n) is 2.63. The van der Waals surface area contributed by atoms with Gasteiger partial charge in [0.2, 0.25) is 0 Å². The largest absolute Gasteiger partial charge is 0.497 e. The van der Waals surface area contributed by atoms with Crippen LogP contribution in [-0.4, -0.2) is 78.8 Å². The number of aliphatic hydroxyl groups is 4. The SMILES string of the molecule is COc1ccc(Cc2nnn(C3OC(CO)C(O)C(O)C3O)n2)cc1. The van der Waals surface area contributed by atoms with E-state index in [4.69, 9.17) is 9.47 Å². The molecular formula is C15H20N4O6. The number of ether oxygens (including phenoxy) is 2. The maximum atomic E-state index is 10.1. The van der Waals surface area contributed by atoms with Gasteiger partial charge in [0.15, 0.2) is 12.1 Å². The maximum Gasteiger partial charge on any atom is 0.199 e. The Labute approximate surface area is 143 Å². The van der Waals surface area contributed by atoms with Crippen LogP contribution in [0.1, 0.15) is 17.6 Å². The highest BCUT2D eigenvalue weighted by molar-refractivity contribution is 5.28. The molecule has 1 saturated heterocycles. The third-order valence-corrected chi connectivity index (χ3v) is 4.09. The number of hydrogen-bond acceptors (Lipinski definition) is 9. The summed E-state index contributed by atoms with van der Waals surface area (Å²) in [7, 11) is 1.59. The van der Waals surface area contributed by atoms with Gasteiger partial charge in [0, 0.05) is 6.42 Å². The molecule has 5 unspecified atom stereocenters. The van der Waals surface area contributed by atoms with Gasteiger partial charge in [-0.1, -0.05) is 12.1 Å². The number of hydrogen-bond donors (Lipinski definition) is 4. The van der Waals surface area contributed by atoms with Crippen LogP contribution in [0.15, 0.2) is 24.3 Å². The van der Waals surface area contributed by atoms with Crippen molar-refractivity contribution in [1.82, 2.24) is 20.2 Å². The lowest BCUT2D eigenvalue weighted by atomic mass is 9.99. The molecule has 0 aliphatic carbocycles. The van der Waals surface area contributed by atoms with Crippen LogP contribution in [-0.2, 0) is 11.2 Å². The van der Waals surface area contributed by atoms with Crippen LogP contribution in [0.25, 0.3) is 0 Å². The van der Waals surface area contributed by atoms with E-state index in [9.17, 15) is 20.4 Å². The Morgan fingerprint density at radius 1 is 1.12 bits per heavy atom. The Bertz CT molecular complexity index is 692. The molecule has 10 heteroatoms. The highest BCUT2D eigenvalue weighted by Gasteiger charge is 2.45. The predicted molar refractivity (Wildman–Crippen MR) is 82.6 cm³/mol. The molecule has 0 bridgehead atoms. The van der Waals surface area contributed by atoms with Crippen molar-refractivity contribution in [2.45, 2.75) is 37.1 Å². The highest BCUT2D eigenvalue weighted by Crippen LogP contribution is 2.27. The summed E-state index contributed by atoms with van der Waals surface area (Å²) in [6.07, 6.45) is -6.17. The number of aromatic nitrogens is 4. The van der Waals surface area contributed by atoms with Crippen molar-refractivity contribution < 1.29 is 29.9 Å². The molecule has 3 rings (SSSR count). The first-order valence-electron chi connectivity index (χ1n) is 7.75. The van der Waals surface area contributed by atoms with E-state index < -0.39 is 37.3 Å². The minimum Gasteiger partial charge on any atom is -0.497 e. The highest BCUT2D eigenvalue weighted by atomic mass is 16.6. The first-order valence-corrected chi connectivity index (χ1v) is 7.75. The number of aliphatic hydroxyl groups excluding tert-OH is 4. The second-order valence-electron chi connectivity index (χ2n) is 5.77. The average Bonchev–Trinajstić information content (AvgIpc) is 3.09. The van der Waals surface area contributed by atoms with Gasteiger partial charge in [-0.05, 0) is 22.9 Å². The van der Waals surface area contributed by atoms with Crippen molar-refractivity contribution in [3.8, 4) is 5.75 Å². The maximum absolute atomic E-state index is 10.1. The van der Waals surface area contributed by atoms with Crippen molar-refractivity contribution in [3.63, 3.8) is 0 Å². The minimum absolute atomic E-state index is 0.391. The Kier molecular flexibility index (Phi) is 5.25. The summed E-state index contributed by atoms with van der Waals surface area (Å²) in [6.45, 7) is -0.519. The Balaban J connectivity index is 1.73. The third kappa shape index (κ3) is 3.62. The summed E-state index contributed by atoms with van der Waals surface area (Å²) in [6, 6.07) is 7.37. The van der Waals surface area contributed by atoms with E-state index in [0.717, 1.165) is 16.1 Å². The van der Waals surface area contributed by atoms with Crippen molar-refractivity contribution >= 4 is 0 Å². The van der Waals surface area contributed by atoms with Crippen LogP contribution >= 0.6 is 0 Å². The van der Waals surface area contributed by atoms with Crippen molar-refractivity contribution in [3.05, 3.63) is 35.7 Å². The molecule has 0 radical (unpaired) electrons. The fraction of sp³-hybridized carbons (Fsp3) is 0.533. The van der Waals surface area contributed by atoms with Gasteiger partial charge in [0.05, 0.1) is 13.7 Å². The first-order chi connectivity index (χ1) is 12.0. The molecule has 0 amide bonds. The average molecular weight is 352 g/mol. The van der Waals surface area contributed by atoms with E-state index in [-0.39, 0.29) is 0 Å². The summed E-state index contributed by atoms with van der Waals surface area (Å²) < 4.78 is 10.5. The van der Waals surface area contributed by atoms with Crippen molar-refractivity contribution in [2.75, 3.05) is 13.7 Å². The Morgan fingerprint density at radius 2 is 1.84 bits per heavy atom. The monoisotopic (exact) mass is 352 g/mol. The number of rotatable bonds is 5. The summed E-state index contributed by atoms with van der Waals surface area (Å²) >= 11 is 0. The fourth-order valence-corrected chi connectivity index (χ4v) is 2.63. The molecule has 0 spiro atoms. The molecular weight excluding hydrogens is 332 g/mol. The lowest BCUT2D eigenvalue weighted by Crippen LogP contribution is -2.56. The zero-order valence-corrected chi connectivity index (χ0v) is 13.5. The van der Waals surface area contributed by atoms with Crippen LogP contribution in [0.4, 0.5) is 0 Å². The van der Waals surface area contributed by atoms with E-state index in [2.05, 4.69) is 15.4 Å². The molecule has 1 aromatic heterocycles. The molecule has 1 fully saturated rings. The molecule has 10 nitrogen and oxygen atoms in total. The third-order valence-electron chi connectivity index (χ3n) is 4.09. The molecule has 2 aromatic rings. The lowest BCUT2D eigenvalue weighted by molar-refractivity contribution is -0.257. The molecule has 4 N–H and O–H groups in total. The van der Waals surface area contributed by atoms with Crippen molar-refractivity contribution in [2.24, 2.45) is 0 Å². The first kappa shape index (κ1) is 17.7. The van der Waals surface area contributed by atoms with Gasteiger partial charge in [0.1, 0.15) is 30.2 Å². The van der Waals surface area contributed by atoms with Gasteiger partial charge in [0.25, 0.3) is 0 Å². The molecule has 1 aliphatic rings. The number of benzene rings is 1. The number of nitrogens with zero attached hydrogens (tertiary/aromatic N) is 4. The molecule has 1 aromatic carbocycles. The standard InChI is InChI=1S/C15H20N4O6/c1-24-9-4-2-8(3-5-9)6-11-16-18-19(17-11)15-14(23)13(22)12(21)10(7-20)25-15/h2-5,10,12-15,20-23H,6-7H2,1H3. The molecule has 5 atom stereocenters. The van der Waals surface area contributed by atoms with Crippen LogP contribution in [0.5, 0.6) is 5.75 Å². The summed E-state index contributed by atoms with van der Waals surface area (Å²) in [4.78, 5) is 1.03. The molecule has 0 saturated carbocycles. The Morgan fingerprint density at radius 3 is 2.48 bits per heavy atom. The zero-order valence-electron chi connectivity index (χ0n) is 13.5. The Hall–Kier alpha value is -2.11. The van der Waals surface area contributed by atoms with Gasteiger partial charge < -0.3 is 29.9 Å². The smallest absolute Gasteiger partial charge is 0.199 e. The number of methoxy groups -OCH3 is 1. The summed E-state index contributed by atoms with van der Waals surface area (Å²) in [5, 5.41) is 50.8. The van der Waals surface area contributed by atoms with Crippen molar-refractivity contribution in [1.29, 1.82) is 0 Å². The quantitative estimate of drug-likeness (QED) is 0.492. The second kappa shape index (κ2) is 7.42. The van der Waals surface area contributed by atoms with Crippen LogP contribution in [0.2, 0.25) is 0 Å². The lowest BCUT2D eigenvalue weighted by Gasteiger charge is -2.38. The van der Waals surface area contributed by atoms with Crippen LogP contribution in [0.3, 0.4) is 0 Å². The van der Waals surface area contributed by atoms with Gasteiger partial charge in [-0.25, -0.2) is 0 Å².